The Hall–Kier alpha value is -1.43. The first-order chi connectivity index (χ1) is 9.36. The Labute approximate surface area is 121 Å². The van der Waals surface area contributed by atoms with E-state index >= 15 is 0 Å². The molecule has 112 valence electrons. The van der Waals surface area contributed by atoms with Gasteiger partial charge in [0.1, 0.15) is 0 Å². The van der Waals surface area contributed by atoms with Gasteiger partial charge < -0.3 is 10.6 Å². The number of piperidine rings is 1. The highest BCUT2D eigenvalue weighted by Gasteiger charge is 2.27. The van der Waals surface area contributed by atoms with E-state index < -0.39 is 0 Å². The van der Waals surface area contributed by atoms with Gasteiger partial charge >= 0.3 is 0 Å². The summed E-state index contributed by atoms with van der Waals surface area (Å²) in [6.07, 6.45) is 1.30. The van der Waals surface area contributed by atoms with Crippen LogP contribution in [-0.2, 0) is 0 Å². The van der Waals surface area contributed by atoms with Crippen molar-refractivity contribution in [3.8, 4) is 0 Å². The molecule has 1 aliphatic heterocycles. The Morgan fingerprint density at radius 1 is 1.15 bits per heavy atom. The zero-order chi connectivity index (χ0) is 14.9. The quantitative estimate of drug-likeness (QED) is 0.904. The number of nitrogens with zero attached hydrogens (tertiary/aromatic N) is 5. The van der Waals surface area contributed by atoms with Crippen LogP contribution in [0.15, 0.2) is 0 Å². The van der Waals surface area contributed by atoms with Gasteiger partial charge in [-0.1, -0.05) is 13.8 Å². The number of likely N-dealkylation sites (tertiary alicyclic amines) is 1. The number of anilines is 2. The van der Waals surface area contributed by atoms with Gasteiger partial charge in [-0.3, -0.25) is 4.90 Å². The minimum atomic E-state index is 0.171. The van der Waals surface area contributed by atoms with E-state index in [9.17, 15) is 0 Å². The van der Waals surface area contributed by atoms with E-state index in [1.165, 1.54) is 6.42 Å². The third-order valence-electron chi connectivity index (χ3n) is 3.88. The lowest BCUT2D eigenvalue weighted by Crippen LogP contribution is -2.40. The van der Waals surface area contributed by atoms with Crippen LogP contribution in [0.3, 0.4) is 0 Å². The molecule has 1 fully saturated rings. The Kier molecular flexibility index (Phi) is 4.42. The molecule has 2 rings (SSSR count). The maximum atomic E-state index is 5.81. The van der Waals surface area contributed by atoms with Crippen LogP contribution in [0.1, 0.15) is 39.1 Å². The molecule has 3 atom stereocenters. The normalized spacial score (nSPS) is 25.4. The third-order valence-corrected chi connectivity index (χ3v) is 3.88. The lowest BCUT2D eigenvalue weighted by molar-refractivity contribution is 0.0991. The Balaban J connectivity index is 2.21. The molecule has 0 aliphatic carbocycles. The van der Waals surface area contributed by atoms with Crippen LogP contribution in [0.25, 0.3) is 0 Å². The topological polar surface area (TPSA) is 71.2 Å². The Bertz CT molecular complexity index is 451. The molecular formula is C14H26N6. The van der Waals surface area contributed by atoms with Crippen LogP contribution in [0.2, 0.25) is 0 Å². The van der Waals surface area contributed by atoms with E-state index in [1.807, 2.05) is 19.0 Å². The fourth-order valence-electron chi connectivity index (χ4n) is 2.97. The Morgan fingerprint density at radius 3 is 2.30 bits per heavy atom. The molecule has 0 bridgehead atoms. The van der Waals surface area contributed by atoms with Gasteiger partial charge in [0.2, 0.25) is 11.9 Å². The number of hydrogen-bond acceptors (Lipinski definition) is 6. The van der Waals surface area contributed by atoms with Crippen molar-refractivity contribution >= 4 is 11.9 Å². The molecular weight excluding hydrogens is 252 g/mol. The average molecular weight is 278 g/mol. The molecule has 0 unspecified atom stereocenters. The van der Waals surface area contributed by atoms with Gasteiger partial charge in [0.15, 0.2) is 5.82 Å². The minimum absolute atomic E-state index is 0.171. The smallest absolute Gasteiger partial charge is 0.229 e. The van der Waals surface area contributed by atoms with Crippen molar-refractivity contribution in [1.29, 1.82) is 0 Å². The van der Waals surface area contributed by atoms with Crippen molar-refractivity contribution in [2.75, 3.05) is 37.8 Å². The first-order valence-electron chi connectivity index (χ1n) is 7.29. The van der Waals surface area contributed by atoms with Crippen LogP contribution in [0, 0.1) is 11.8 Å². The van der Waals surface area contributed by atoms with Gasteiger partial charge in [-0.25, -0.2) is 0 Å². The Morgan fingerprint density at radius 2 is 1.75 bits per heavy atom. The maximum absolute atomic E-state index is 5.81. The largest absolute Gasteiger partial charge is 0.368 e. The van der Waals surface area contributed by atoms with Crippen LogP contribution in [-0.4, -0.2) is 47.0 Å². The highest BCUT2D eigenvalue weighted by atomic mass is 15.3. The third kappa shape index (κ3) is 3.36. The van der Waals surface area contributed by atoms with E-state index in [-0.39, 0.29) is 6.04 Å². The molecule has 6 nitrogen and oxygen atoms in total. The SMILES string of the molecule is C[C@@H]1C[C@@H](C)CN([C@@H](C)c2nc(N)nc(N(C)C)n2)C1. The molecule has 2 N–H and O–H groups in total. The number of hydrogen-bond donors (Lipinski definition) is 1. The summed E-state index contributed by atoms with van der Waals surface area (Å²) in [5.41, 5.74) is 5.81. The predicted molar refractivity (Wildman–Crippen MR) is 81.5 cm³/mol. The molecule has 1 aromatic heterocycles. The molecule has 0 radical (unpaired) electrons. The second-order valence-electron chi connectivity index (χ2n) is 6.32. The molecule has 0 amide bonds. The summed E-state index contributed by atoms with van der Waals surface area (Å²) < 4.78 is 0. The molecule has 1 saturated heterocycles. The van der Waals surface area contributed by atoms with Crippen molar-refractivity contribution in [3.05, 3.63) is 5.82 Å². The second kappa shape index (κ2) is 5.91. The lowest BCUT2D eigenvalue weighted by atomic mass is 9.91. The standard InChI is InChI=1S/C14H26N6/c1-9-6-10(2)8-20(7-9)11(3)12-16-13(15)18-14(17-12)19(4)5/h9-11H,6-8H2,1-5H3,(H2,15,16,17,18)/t9-,10-,11+/m1/s1. The van der Waals surface area contributed by atoms with Crippen LogP contribution >= 0.6 is 0 Å². The van der Waals surface area contributed by atoms with Crippen molar-refractivity contribution < 1.29 is 0 Å². The highest BCUT2D eigenvalue weighted by Crippen LogP contribution is 2.28. The van der Waals surface area contributed by atoms with Crippen LogP contribution in [0.5, 0.6) is 0 Å². The number of nitrogen functional groups attached to an aromatic ring is 1. The van der Waals surface area contributed by atoms with Crippen molar-refractivity contribution in [3.63, 3.8) is 0 Å². The average Bonchev–Trinajstić information content (AvgIpc) is 2.35. The van der Waals surface area contributed by atoms with Crippen LogP contribution < -0.4 is 10.6 Å². The fourth-order valence-corrected chi connectivity index (χ4v) is 2.97. The summed E-state index contributed by atoms with van der Waals surface area (Å²) in [7, 11) is 3.82. The van der Waals surface area contributed by atoms with Gasteiger partial charge in [0.05, 0.1) is 6.04 Å². The van der Waals surface area contributed by atoms with Gasteiger partial charge in [0.25, 0.3) is 0 Å². The van der Waals surface area contributed by atoms with Crippen LogP contribution in [0.4, 0.5) is 11.9 Å². The molecule has 2 heterocycles. The molecule has 0 spiro atoms. The molecule has 1 aromatic rings. The lowest BCUT2D eigenvalue weighted by Gasteiger charge is -2.38. The van der Waals surface area contributed by atoms with Gasteiger partial charge in [-0.2, -0.15) is 15.0 Å². The summed E-state index contributed by atoms with van der Waals surface area (Å²) >= 11 is 0. The molecule has 6 heteroatoms. The molecule has 1 aliphatic rings. The van der Waals surface area contributed by atoms with E-state index in [0.29, 0.717) is 23.7 Å². The highest BCUT2D eigenvalue weighted by molar-refractivity contribution is 5.33. The summed E-state index contributed by atoms with van der Waals surface area (Å²) in [5, 5.41) is 0. The van der Waals surface area contributed by atoms with Crippen molar-refractivity contribution in [2.24, 2.45) is 11.8 Å². The summed E-state index contributed by atoms with van der Waals surface area (Å²) in [4.78, 5) is 17.3. The number of rotatable bonds is 3. The van der Waals surface area contributed by atoms with E-state index in [1.54, 1.807) is 0 Å². The summed E-state index contributed by atoms with van der Waals surface area (Å²) in [6, 6.07) is 0.171. The van der Waals surface area contributed by atoms with E-state index in [2.05, 4.69) is 40.6 Å². The first-order valence-corrected chi connectivity index (χ1v) is 7.29. The van der Waals surface area contributed by atoms with E-state index in [0.717, 1.165) is 18.9 Å². The molecule has 20 heavy (non-hydrogen) atoms. The maximum Gasteiger partial charge on any atom is 0.229 e. The van der Waals surface area contributed by atoms with Gasteiger partial charge in [-0.05, 0) is 25.2 Å². The van der Waals surface area contributed by atoms with Crippen molar-refractivity contribution in [1.82, 2.24) is 19.9 Å². The van der Waals surface area contributed by atoms with Gasteiger partial charge in [-0.15, -0.1) is 0 Å². The molecule has 0 aromatic carbocycles. The minimum Gasteiger partial charge on any atom is -0.368 e. The first kappa shape index (κ1) is 15.0. The zero-order valence-electron chi connectivity index (χ0n) is 13.2. The van der Waals surface area contributed by atoms with E-state index in [4.69, 9.17) is 5.73 Å². The predicted octanol–water partition coefficient (Wildman–Crippen LogP) is 1.56. The van der Waals surface area contributed by atoms with Gasteiger partial charge in [0, 0.05) is 27.2 Å². The zero-order valence-corrected chi connectivity index (χ0v) is 13.2. The number of nitrogens with two attached hydrogens (primary N) is 1. The molecule has 0 saturated carbocycles. The monoisotopic (exact) mass is 278 g/mol. The number of aromatic nitrogens is 3. The van der Waals surface area contributed by atoms with Crippen molar-refractivity contribution in [2.45, 2.75) is 33.2 Å². The summed E-state index contributed by atoms with van der Waals surface area (Å²) in [6.45, 7) is 8.95. The fraction of sp³-hybridized carbons (Fsp3) is 0.786. The second-order valence-corrected chi connectivity index (χ2v) is 6.32. The summed E-state index contributed by atoms with van der Waals surface area (Å²) in [5.74, 6) is 3.12.